The van der Waals surface area contributed by atoms with E-state index in [-0.39, 0.29) is 11.7 Å². The number of hydrogen-bond acceptors (Lipinski definition) is 5. The Bertz CT molecular complexity index is 434. The summed E-state index contributed by atoms with van der Waals surface area (Å²) in [5, 5.41) is 0. The van der Waals surface area contributed by atoms with Crippen molar-refractivity contribution >= 4 is 5.78 Å². The van der Waals surface area contributed by atoms with Gasteiger partial charge in [-0.05, 0) is 24.8 Å². The highest BCUT2D eigenvalue weighted by molar-refractivity contribution is 5.89. The third-order valence-electron chi connectivity index (χ3n) is 3.40. The molecular weight excluding hydrogens is 252 g/mol. The molecule has 0 aliphatic heterocycles. The first-order valence-electron chi connectivity index (χ1n) is 7.34. The van der Waals surface area contributed by atoms with E-state index in [2.05, 4.69) is 16.9 Å². The minimum atomic E-state index is -0.835. The van der Waals surface area contributed by atoms with Gasteiger partial charge in [0.2, 0.25) is 0 Å². The van der Waals surface area contributed by atoms with Crippen LogP contribution in [0.3, 0.4) is 0 Å². The Morgan fingerprint density at radius 1 is 1.30 bits per heavy atom. The van der Waals surface area contributed by atoms with Crippen molar-refractivity contribution in [2.24, 2.45) is 17.4 Å². The summed E-state index contributed by atoms with van der Waals surface area (Å²) in [4.78, 5) is 20.6. The molecular formula is C15H26N4O. The lowest BCUT2D eigenvalue weighted by molar-refractivity contribution is -0.122. The Balaban J connectivity index is 2.75. The average Bonchev–Trinajstić information content (AvgIpc) is 2.45. The van der Waals surface area contributed by atoms with E-state index >= 15 is 0 Å². The zero-order valence-corrected chi connectivity index (χ0v) is 12.7. The molecule has 5 heteroatoms. The molecule has 5 nitrogen and oxygen atoms in total. The number of hydrogen-bond donors (Lipinski definition) is 2. The minimum absolute atomic E-state index is 0.0567. The van der Waals surface area contributed by atoms with Crippen molar-refractivity contribution in [3.05, 3.63) is 23.8 Å². The smallest absolute Gasteiger partial charge is 0.174 e. The second-order valence-corrected chi connectivity index (χ2v) is 5.51. The maximum atomic E-state index is 12.1. The summed E-state index contributed by atoms with van der Waals surface area (Å²) >= 11 is 0. The summed E-state index contributed by atoms with van der Waals surface area (Å²) in [5.74, 6) is 0.229. The second-order valence-electron chi connectivity index (χ2n) is 5.51. The summed E-state index contributed by atoms with van der Waals surface area (Å²) in [6.45, 7) is 5.96. The van der Waals surface area contributed by atoms with Crippen LogP contribution in [0.25, 0.3) is 0 Å². The van der Waals surface area contributed by atoms with Crippen LogP contribution in [0.5, 0.6) is 0 Å². The monoisotopic (exact) mass is 278 g/mol. The van der Waals surface area contributed by atoms with Crippen molar-refractivity contribution in [1.82, 2.24) is 9.97 Å². The van der Waals surface area contributed by atoms with Crippen LogP contribution in [0.1, 0.15) is 57.6 Å². The Kier molecular flexibility index (Phi) is 6.75. The molecule has 0 fully saturated rings. The van der Waals surface area contributed by atoms with E-state index < -0.39 is 12.1 Å². The lowest BCUT2D eigenvalue weighted by atomic mass is 9.96. The number of unbranched alkanes of at least 4 members (excludes halogenated alkanes) is 2. The SMILES string of the molecule is CCCCCc1ccnc(C(N)C(=O)C(N)C(C)C)n1. The van der Waals surface area contributed by atoms with Crippen LogP contribution in [0, 0.1) is 5.92 Å². The third-order valence-corrected chi connectivity index (χ3v) is 3.40. The fourth-order valence-corrected chi connectivity index (χ4v) is 1.92. The Morgan fingerprint density at radius 2 is 2.00 bits per heavy atom. The van der Waals surface area contributed by atoms with E-state index in [1.54, 1.807) is 6.20 Å². The van der Waals surface area contributed by atoms with Gasteiger partial charge in [0.1, 0.15) is 6.04 Å². The van der Waals surface area contributed by atoms with Crippen molar-refractivity contribution < 1.29 is 4.79 Å². The zero-order chi connectivity index (χ0) is 15.1. The van der Waals surface area contributed by atoms with Crippen LogP contribution < -0.4 is 11.5 Å². The molecule has 4 N–H and O–H groups in total. The number of rotatable bonds is 8. The molecule has 0 bridgehead atoms. The Labute approximate surface area is 121 Å². The quantitative estimate of drug-likeness (QED) is 0.706. The van der Waals surface area contributed by atoms with Gasteiger partial charge in [0.25, 0.3) is 0 Å². The second kappa shape index (κ2) is 8.07. The van der Waals surface area contributed by atoms with E-state index in [9.17, 15) is 4.79 Å². The number of aromatic nitrogens is 2. The molecule has 0 saturated carbocycles. The van der Waals surface area contributed by atoms with Gasteiger partial charge in [-0.25, -0.2) is 9.97 Å². The molecule has 2 atom stereocenters. The highest BCUT2D eigenvalue weighted by atomic mass is 16.1. The Morgan fingerprint density at radius 3 is 2.60 bits per heavy atom. The lowest BCUT2D eigenvalue weighted by Gasteiger charge is -2.18. The molecule has 0 saturated heterocycles. The molecule has 0 aliphatic carbocycles. The van der Waals surface area contributed by atoms with Gasteiger partial charge < -0.3 is 11.5 Å². The largest absolute Gasteiger partial charge is 0.321 e. The maximum absolute atomic E-state index is 12.1. The van der Waals surface area contributed by atoms with E-state index in [4.69, 9.17) is 11.5 Å². The van der Waals surface area contributed by atoms with E-state index in [1.807, 2.05) is 19.9 Å². The molecule has 2 unspecified atom stereocenters. The molecule has 0 radical (unpaired) electrons. The highest BCUT2D eigenvalue weighted by Gasteiger charge is 2.26. The van der Waals surface area contributed by atoms with Gasteiger partial charge in [-0.15, -0.1) is 0 Å². The molecule has 0 aliphatic rings. The van der Waals surface area contributed by atoms with Gasteiger partial charge in [-0.2, -0.15) is 0 Å². The van der Waals surface area contributed by atoms with Crippen LogP contribution in [-0.4, -0.2) is 21.8 Å². The highest BCUT2D eigenvalue weighted by Crippen LogP contribution is 2.12. The van der Waals surface area contributed by atoms with Crippen LogP contribution in [0.15, 0.2) is 12.3 Å². The van der Waals surface area contributed by atoms with Crippen LogP contribution in [-0.2, 0) is 11.2 Å². The number of aryl methyl sites for hydroxylation is 1. The molecule has 0 amide bonds. The fourth-order valence-electron chi connectivity index (χ4n) is 1.92. The normalized spacial score (nSPS) is 14.3. The zero-order valence-electron chi connectivity index (χ0n) is 12.7. The summed E-state index contributed by atoms with van der Waals surface area (Å²) < 4.78 is 0. The van der Waals surface area contributed by atoms with Gasteiger partial charge in [0, 0.05) is 11.9 Å². The molecule has 1 aromatic rings. The summed E-state index contributed by atoms with van der Waals surface area (Å²) in [7, 11) is 0. The first-order valence-corrected chi connectivity index (χ1v) is 7.34. The van der Waals surface area contributed by atoms with Crippen molar-refractivity contribution in [1.29, 1.82) is 0 Å². The lowest BCUT2D eigenvalue weighted by Crippen LogP contribution is -2.42. The first kappa shape index (κ1) is 16.7. The van der Waals surface area contributed by atoms with Crippen molar-refractivity contribution in [3.8, 4) is 0 Å². The molecule has 0 aromatic carbocycles. The van der Waals surface area contributed by atoms with E-state index in [1.165, 1.54) is 12.8 Å². The summed E-state index contributed by atoms with van der Waals surface area (Å²) in [6, 6.07) is 0.467. The van der Waals surface area contributed by atoms with Crippen molar-refractivity contribution in [3.63, 3.8) is 0 Å². The van der Waals surface area contributed by atoms with E-state index in [0.29, 0.717) is 5.82 Å². The third kappa shape index (κ3) is 4.65. The topological polar surface area (TPSA) is 94.9 Å². The average molecular weight is 278 g/mol. The molecule has 1 heterocycles. The Hall–Kier alpha value is -1.33. The molecule has 112 valence electrons. The van der Waals surface area contributed by atoms with Crippen LogP contribution in [0.2, 0.25) is 0 Å². The minimum Gasteiger partial charge on any atom is -0.321 e. The number of ketones is 1. The van der Waals surface area contributed by atoms with Gasteiger partial charge in [0.05, 0.1) is 6.04 Å². The summed E-state index contributed by atoms with van der Waals surface area (Å²) in [6.07, 6.45) is 5.97. The summed E-state index contributed by atoms with van der Waals surface area (Å²) in [5.41, 5.74) is 12.7. The number of carbonyl (C=O) groups is 1. The number of Topliss-reactive ketones (excluding diaryl/α,β-unsaturated/α-hetero) is 1. The number of nitrogens with two attached hydrogens (primary N) is 2. The number of carbonyl (C=O) groups excluding carboxylic acids is 1. The van der Waals surface area contributed by atoms with Gasteiger partial charge >= 0.3 is 0 Å². The fraction of sp³-hybridized carbons (Fsp3) is 0.667. The molecule has 20 heavy (non-hydrogen) atoms. The van der Waals surface area contributed by atoms with E-state index in [0.717, 1.165) is 18.5 Å². The molecule has 0 spiro atoms. The standard InChI is InChI=1S/C15H26N4O/c1-4-5-6-7-11-8-9-18-15(19-11)13(17)14(20)12(16)10(2)3/h8-10,12-13H,4-7,16-17H2,1-3H3. The van der Waals surface area contributed by atoms with Gasteiger partial charge in [-0.3, -0.25) is 4.79 Å². The first-order chi connectivity index (χ1) is 9.47. The van der Waals surface area contributed by atoms with Gasteiger partial charge in [0.15, 0.2) is 11.6 Å². The van der Waals surface area contributed by atoms with Crippen molar-refractivity contribution in [2.45, 2.75) is 58.5 Å². The van der Waals surface area contributed by atoms with Gasteiger partial charge in [-0.1, -0.05) is 33.6 Å². The molecule has 1 rings (SSSR count). The van der Waals surface area contributed by atoms with Crippen molar-refractivity contribution in [2.75, 3.05) is 0 Å². The predicted molar refractivity (Wildman–Crippen MR) is 80.0 cm³/mol. The van der Waals surface area contributed by atoms with Crippen LogP contribution in [0.4, 0.5) is 0 Å². The number of nitrogens with zero attached hydrogens (tertiary/aromatic N) is 2. The molecule has 1 aromatic heterocycles. The maximum Gasteiger partial charge on any atom is 0.174 e. The predicted octanol–water partition coefficient (Wildman–Crippen LogP) is 1.76. The van der Waals surface area contributed by atoms with Crippen LogP contribution >= 0.6 is 0 Å².